The van der Waals surface area contributed by atoms with E-state index in [9.17, 15) is 0 Å². The van der Waals surface area contributed by atoms with E-state index in [1.807, 2.05) is 0 Å². The van der Waals surface area contributed by atoms with Crippen molar-refractivity contribution in [3.05, 3.63) is 0 Å². The monoisotopic (exact) mass is 378 g/mol. The minimum absolute atomic E-state index is 0. The van der Waals surface area contributed by atoms with Gasteiger partial charge in [-0.1, -0.05) is 0 Å². The van der Waals surface area contributed by atoms with E-state index in [4.69, 9.17) is 39.9 Å². The first-order chi connectivity index (χ1) is 5.20. The Morgan fingerprint density at radius 3 is 0.389 bits per heavy atom. The molecule has 0 heterocycles. The van der Waals surface area contributed by atoms with E-state index < -0.39 is 34.1 Å². The summed E-state index contributed by atoms with van der Waals surface area (Å²) in [6.45, 7) is 0. The minimum atomic E-state index is -3.11. The fraction of sp³-hybridized carbons (Fsp3) is 0. The Morgan fingerprint density at radius 2 is 0.389 bits per heavy atom. The van der Waals surface area contributed by atoms with E-state index in [-0.39, 0.29) is 177 Å². The third kappa shape index (κ3) is 259. The maximum Gasteiger partial charge on any atom is 1.00 e. The molecule has 0 amide bonds. The van der Waals surface area contributed by atoms with E-state index in [2.05, 4.69) is 0 Å². The van der Waals surface area contributed by atoms with Crippen LogP contribution in [0.5, 0.6) is 0 Å². The molecule has 18 heteroatoms. The molecule has 78 valence electrons. The van der Waals surface area contributed by atoms with Gasteiger partial charge in [-0.3, -0.25) is 12.6 Å². The van der Waals surface area contributed by atoms with Gasteiger partial charge in [0, 0.05) is 0 Å². The van der Waals surface area contributed by atoms with Gasteiger partial charge >= 0.3 is 177 Å². The first-order valence-corrected chi connectivity index (χ1v) is 4.50. The van der Waals surface area contributed by atoms with Gasteiger partial charge in [-0.25, -0.2) is 0 Å². The molecule has 0 rings (SSSR count). The fourth-order valence-corrected chi connectivity index (χ4v) is 0. The van der Waals surface area contributed by atoms with Gasteiger partial charge in [0.1, 0.15) is 0 Å². The van der Waals surface area contributed by atoms with E-state index in [1.54, 1.807) is 0 Å². The number of rotatable bonds is 0. The van der Waals surface area contributed by atoms with Gasteiger partial charge in [0.2, 0.25) is 0 Å². The van der Waals surface area contributed by atoms with Gasteiger partial charge in [0.15, 0.2) is 0 Å². The molecule has 0 atom stereocenters. The van der Waals surface area contributed by atoms with Crippen LogP contribution in [0, 0.1) is 0 Å². The molecule has 0 saturated carbocycles. The van der Waals surface area contributed by atoms with Crippen molar-refractivity contribution in [3.63, 3.8) is 0 Å². The second-order valence-corrected chi connectivity index (χ2v) is 1.84. The molecular formula is Na6O9S3. The van der Waals surface area contributed by atoms with Crippen molar-refractivity contribution in [2.75, 3.05) is 0 Å². The second kappa shape index (κ2) is 49.5. The Kier molecular flexibility index (Phi) is 155. The molecule has 18 heavy (non-hydrogen) atoms. The van der Waals surface area contributed by atoms with Gasteiger partial charge in [-0.15, -0.1) is 34.1 Å². The van der Waals surface area contributed by atoms with Gasteiger partial charge in [0.25, 0.3) is 0 Å². The van der Waals surface area contributed by atoms with Gasteiger partial charge in [-0.2, -0.15) is 0 Å². The van der Waals surface area contributed by atoms with E-state index in [1.165, 1.54) is 0 Å². The summed E-state index contributed by atoms with van der Waals surface area (Å²) in [6, 6.07) is 0. The standard InChI is InChI=1S/6Na.3H2O3S/c;;;;;;3*1-4(2)3/h;;;;;;3*(H2,1,2,3)/q6*+1;;;/p-6. The summed E-state index contributed by atoms with van der Waals surface area (Å²) in [6.07, 6.45) is 0. The molecule has 0 N–H and O–H groups in total. The minimum Gasteiger partial charge on any atom is -0.784 e. The van der Waals surface area contributed by atoms with Crippen molar-refractivity contribution < 1.29 is 217 Å². The summed E-state index contributed by atoms with van der Waals surface area (Å²) >= 11 is -9.33. The third-order valence-electron chi connectivity index (χ3n) is 0. The first-order valence-electron chi connectivity index (χ1n) is 1.50. The molecular weight excluding hydrogens is 378 g/mol. The zero-order valence-corrected chi connectivity index (χ0v) is 25.3. The topological polar surface area (TPSA) is 190 Å². The van der Waals surface area contributed by atoms with Crippen LogP contribution in [0.3, 0.4) is 0 Å². The van der Waals surface area contributed by atoms with Crippen molar-refractivity contribution in [1.29, 1.82) is 0 Å². The van der Waals surface area contributed by atoms with Crippen LogP contribution in [0.2, 0.25) is 0 Å². The average Bonchev–Trinajstić information content (AvgIpc) is 1.54. The maximum absolute atomic E-state index is 8.44. The van der Waals surface area contributed by atoms with Crippen molar-refractivity contribution in [2.24, 2.45) is 0 Å². The Hall–Kier alpha value is 6.21. The molecule has 0 aliphatic carbocycles. The maximum atomic E-state index is 8.44. The Labute approximate surface area is 245 Å². The fourth-order valence-electron chi connectivity index (χ4n) is 0. The second-order valence-electron chi connectivity index (χ2n) is 0.612. The zero-order valence-electron chi connectivity index (χ0n) is 10.9. The Bertz CT molecular complexity index is 124. The summed E-state index contributed by atoms with van der Waals surface area (Å²) in [4.78, 5) is 0. The summed E-state index contributed by atoms with van der Waals surface area (Å²) in [5.74, 6) is 0. The van der Waals surface area contributed by atoms with Crippen molar-refractivity contribution in [3.8, 4) is 0 Å². The van der Waals surface area contributed by atoms with E-state index >= 15 is 0 Å². The molecule has 0 unspecified atom stereocenters. The van der Waals surface area contributed by atoms with Gasteiger partial charge < -0.3 is 27.3 Å². The third-order valence-corrected chi connectivity index (χ3v) is 0. The number of hydrogen-bond acceptors (Lipinski definition) is 9. The van der Waals surface area contributed by atoms with E-state index in [0.29, 0.717) is 0 Å². The normalized spacial score (nSPS) is 5.83. The summed E-state index contributed by atoms with van der Waals surface area (Å²) < 4.78 is 76.0. The molecule has 0 saturated heterocycles. The van der Waals surface area contributed by atoms with Crippen LogP contribution in [0.15, 0.2) is 0 Å². The predicted molar refractivity (Wildman–Crippen MR) is 29.1 cm³/mol. The van der Waals surface area contributed by atoms with Crippen LogP contribution in [0.4, 0.5) is 0 Å². The quantitative estimate of drug-likeness (QED) is 0.291. The molecule has 0 aliphatic heterocycles. The van der Waals surface area contributed by atoms with Crippen LogP contribution in [0.1, 0.15) is 0 Å². The smallest absolute Gasteiger partial charge is 0.784 e. The molecule has 0 bridgehead atoms. The number of hydrogen-bond donors (Lipinski definition) is 0. The van der Waals surface area contributed by atoms with Crippen LogP contribution >= 0.6 is 0 Å². The van der Waals surface area contributed by atoms with Crippen LogP contribution in [-0.4, -0.2) is 39.9 Å². The molecule has 0 aromatic heterocycles. The van der Waals surface area contributed by atoms with Crippen molar-refractivity contribution in [2.45, 2.75) is 0 Å². The van der Waals surface area contributed by atoms with Crippen molar-refractivity contribution in [1.82, 2.24) is 0 Å². The molecule has 0 radical (unpaired) electrons. The zero-order chi connectivity index (χ0) is 10.7. The Morgan fingerprint density at radius 1 is 0.389 bits per heavy atom. The van der Waals surface area contributed by atoms with E-state index in [0.717, 1.165) is 0 Å². The molecule has 0 aromatic carbocycles. The SMILES string of the molecule is O=S([O-])[O-].O=S([O-])[O-].O=S([O-])[O-].[Na+].[Na+].[Na+].[Na+].[Na+].[Na+]. The predicted octanol–water partition coefficient (Wildman–Crippen LogP) is -21.0. The molecule has 9 nitrogen and oxygen atoms in total. The van der Waals surface area contributed by atoms with Crippen LogP contribution < -0.4 is 177 Å². The summed E-state index contributed by atoms with van der Waals surface area (Å²) in [5, 5.41) is 0. The largest absolute Gasteiger partial charge is 1.00 e. The van der Waals surface area contributed by atoms with Crippen LogP contribution in [0.25, 0.3) is 0 Å². The Balaban J connectivity index is -0.00000000827. The average molecular weight is 378 g/mol. The molecule has 0 aliphatic rings. The van der Waals surface area contributed by atoms with Crippen LogP contribution in [-0.2, 0) is 34.1 Å². The first kappa shape index (κ1) is 56.4. The molecule has 0 fully saturated rings. The van der Waals surface area contributed by atoms with Gasteiger partial charge in [-0.05, 0) is 0 Å². The molecule has 0 spiro atoms. The van der Waals surface area contributed by atoms with Gasteiger partial charge in [0.05, 0.1) is 0 Å². The van der Waals surface area contributed by atoms with Crippen molar-refractivity contribution >= 4 is 34.1 Å². The summed E-state index contributed by atoms with van der Waals surface area (Å²) in [5.41, 5.74) is 0. The summed E-state index contributed by atoms with van der Waals surface area (Å²) in [7, 11) is 0. The molecule has 0 aromatic rings.